The van der Waals surface area contributed by atoms with Gasteiger partial charge in [-0.2, -0.15) is 0 Å². The highest BCUT2D eigenvalue weighted by atomic mass is 79.9. The number of aromatic nitrogens is 2. The van der Waals surface area contributed by atoms with Crippen LogP contribution in [0.3, 0.4) is 0 Å². The number of nitrogens with zero attached hydrogens (tertiary/aromatic N) is 1. The number of halogens is 3. The number of rotatable bonds is 2. The predicted molar refractivity (Wildman–Crippen MR) is 85.3 cm³/mol. The predicted octanol–water partition coefficient (Wildman–Crippen LogP) is 5.30. The third kappa shape index (κ3) is 2.53. The van der Waals surface area contributed by atoms with Crippen LogP contribution in [0.4, 0.5) is 4.39 Å². The topological polar surface area (TPSA) is 20.7 Å². The van der Waals surface area contributed by atoms with Crippen LogP contribution in [-0.2, 0) is 6.54 Å². The number of hydrogen-bond acceptors (Lipinski definition) is 1. The van der Waals surface area contributed by atoms with E-state index in [1.54, 1.807) is 6.07 Å². The smallest absolute Gasteiger partial charge is 0.178 e. The summed E-state index contributed by atoms with van der Waals surface area (Å²) in [5, 5.41) is 0.686. The van der Waals surface area contributed by atoms with Crippen LogP contribution in [0.25, 0.3) is 11.0 Å². The van der Waals surface area contributed by atoms with Gasteiger partial charge in [-0.25, -0.2) is 4.39 Å². The Morgan fingerprint density at radius 1 is 1.25 bits per heavy atom. The molecular weight excluding hydrogens is 363 g/mol. The maximum Gasteiger partial charge on any atom is 0.178 e. The van der Waals surface area contributed by atoms with Crippen molar-refractivity contribution in [2.45, 2.75) is 6.54 Å². The van der Waals surface area contributed by atoms with E-state index in [9.17, 15) is 4.39 Å². The molecule has 0 aliphatic rings. The Balaban J connectivity index is 2.11. The summed E-state index contributed by atoms with van der Waals surface area (Å²) in [6, 6.07) is 10.7. The molecule has 1 aromatic heterocycles. The summed E-state index contributed by atoms with van der Waals surface area (Å²) < 4.78 is 16.5. The number of nitrogens with one attached hydrogen (secondary N) is 1. The molecule has 0 amide bonds. The van der Waals surface area contributed by atoms with E-state index in [0.717, 1.165) is 16.6 Å². The summed E-state index contributed by atoms with van der Waals surface area (Å²) in [5.41, 5.74) is 2.60. The monoisotopic (exact) mass is 370 g/mol. The van der Waals surface area contributed by atoms with Crippen molar-refractivity contribution < 1.29 is 4.39 Å². The summed E-state index contributed by atoms with van der Waals surface area (Å²) in [7, 11) is 0. The van der Waals surface area contributed by atoms with Crippen LogP contribution in [-0.4, -0.2) is 9.55 Å². The molecule has 0 atom stereocenters. The van der Waals surface area contributed by atoms with Crippen molar-refractivity contribution in [1.82, 2.24) is 9.55 Å². The number of benzene rings is 2. The molecule has 0 radical (unpaired) electrons. The van der Waals surface area contributed by atoms with Gasteiger partial charge in [-0.15, -0.1) is 0 Å². The molecule has 0 unspecified atom stereocenters. The van der Waals surface area contributed by atoms with E-state index in [1.807, 2.05) is 28.8 Å². The van der Waals surface area contributed by atoms with Crippen molar-refractivity contribution in [3.63, 3.8) is 0 Å². The second-order valence-corrected chi connectivity index (χ2v) is 6.10. The van der Waals surface area contributed by atoms with Gasteiger partial charge in [-0.3, -0.25) is 0 Å². The highest BCUT2D eigenvalue weighted by Crippen LogP contribution is 2.24. The molecule has 2 nitrogen and oxygen atoms in total. The average molecular weight is 372 g/mol. The van der Waals surface area contributed by atoms with E-state index in [0.29, 0.717) is 20.8 Å². The molecule has 2 aromatic carbocycles. The fourth-order valence-corrected chi connectivity index (χ4v) is 2.82. The summed E-state index contributed by atoms with van der Waals surface area (Å²) in [6.07, 6.45) is 0. The van der Waals surface area contributed by atoms with Gasteiger partial charge in [0.1, 0.15) is 5.82 Å². The molecule has 0 aliphatic heterocycles. The first-order valence-corrected chi connectivity index (χ1v) is 7.44. The SMILES string of the molecule is Fc1cc2c(cc1Br)[nH]c(=S)n2Cc1ccc(Cl)cc1. The van der Waals surface area contributed by atoms with Crippen LogP contribution in [0.2, 0.25) is 5.02 Å². The van der Waals surface area contributed by atoms with E-state index < -0.39 is 0 Å². The Bertz CT molecular complexity index is 839. The Hall–Kier alpha value is -1.17. The zero-order valence-electron chi connectivity index (χ0n) is 10.2. The second kappa shape index (κ2) is 5.31. The van der Waals surface area contributed by atoms with Gasteiger partial charge in [-0.1, -0.05) is 23.7 Å². The minimum absolute atomic E-state index is 0.309. The fraction of sp³-hybridized carbons (Fsp3) is 0.0714. The van der Waals surface area contributed by atoms with Crippen LogP contribution in [0.1, 0.15) is 5.56 Å². The Labute approximate surface area is 133 Å². The van der Waals surface area contributed by atoms with Crippen LogP contribution < -0.4 is 0 Å². The second-order valence-electron chi connectivity index (χ2n) is 4.43. The first-order valence-electron chi connectivity index (χ1n) is 5.86. The zero-order chi connectivity index (χ0) is 14.3. The highest BCUT2D eigenvalue weighted by molar-refractivity contribution is 9.10. The Morgan fingerprint density at radius 3 is 2.65 bits per heavy atom. The van der Waals surface area contributed by atoms with Gasteiger partial charge in [0, 0.05) is 11.1 Å². The number of imidazole rings is 1. The lowest BCUT2D eigenvalue weighted by Gasteiger charge is -2.05. The number of fused-ring (bicyclic) bond motifs is 1. The molecule has 0 saturated heterocycles. The van der Waals surface area contributed by atoms with Crippen LogP contribution in [0, 0.1) is 10.6 Å². The third-order valence-electron chi connectivity index (χ3n) is 3.07. The Kier molecular flexibility index (Phi) is 3.67. The van der Waals surface area contributed by atoms with Gasteiger partial charge >= 0.3 is 0 Å². The normalized spacial score (nSPS) is 11.2. The molecule has 20 heavy (non-hydrogen) atoms. The van der Waals surface area contributed by atoms with Crippen molar-refractivity contribution in [3.8, 4) is 0 Å². The lowest BCUT2D eigenvalue weighted by Crippen LogP contribution is -1.99. The lowest BCUT2D eigenvalue weighted by molar-refractivity contribution is 0.622. The van der Waals surface area contributed by atoms with Crippen LogP contribution in [0.15, 0.2) is 40.9 Å². The number of aromatic amines is 1. The van der Waals surface area contributed by atoms with E-state index in [1.165, 1.54) is 6.07 Å². The fourth-order valence-electron chi connectivity index (χ4n) is 2.08. The largest absolute Gasteiger partial charge is 0.331 e. The molecule has 6 heteroatoms. The van der Waals surface area contributed by atoms with Gasteiger partial charge in [0.05, 0.1) is 22.1 Å². The summed E-state index contributed by atoms with van der Waals surface area (Å²) >= 11 is 14.3. The van der Waals surface area contributed by atoms with E-state index in [2.05, 4.69) is 20.9 Å². The zero-order valence-corrected chi connectivity index (χ0v) is 13.3. The molecule has 102 valence electrons. The molecular formula is C14H9BrClFN2S. The van der Waals surface area contributed by atoms with E-state index >= 15 is 0 Å². The first kappa shape index (κ1) is 13.8. The maximum atomic E-state index is 13.7. The average Bonchev–Trinajstić information content (AvgIpc) is 2.69. The number of H-pyrrole nitrogens is 1. The molecule has 0 aliphatic carbocycles. The summed E-state index contributed by atoms with van der Waals surface area (Å²) in [5.74, 6) is -0.309. The molecule has 0 saturated carbocycles. The molecule has 3 rings (SSSR count). The van der Waals surface area contributed by atoms with Gasteiger partial charge in [0.2, 0.25) is 0 Å². The maximum absolute atomic E-state index is 13.7. The van der Waals surface area contributed by atoms with Gasteiger partial charge in [0.15, 0.2) is 4.77 Å². The Morgan fingerprint density at radius 2 is 1.95 bits per heavy atom. The van der Waals surface area contributed by atoms with Crippen LogP contribution >= 0.6 is 39.7 Å². The standard InChI is InChI=1S/C14H9BrClFN2S/c15-10-5-12-13(6-11(10)17)19(14(20)18-12)7-8-1-3-9(16)4-2-8/h1-6H,7H2,(H,18,20). The summed E-state index contributed by atoms with van der Waals surface area (Å²) in [4.78, 5) is 3.08. The quantitative estimate of drug-likeness (QED) is 0.606. The number of hydrogen-bond donors (Lipinski definition) is 1. The molecule has 0 bridgehead atoms. The summed E-state index contributed by atoms with van der Waals surface area (Å²) in [6.45, 7) is 0.567. The van der Waals surface area contributed by atoms with Gasteiger partial charge in [-0.05, 0) is 51.9 Å². The molecule has 0 spiro atoms. The minimum Gasteiger partial charge on any atom is -0.331 e. The van der Waals surface area contributed by atoms with Gasteiger partial charge in [0.25, 0.3) is 0 Å². The first-order chi connectivity index (χ1) is 9.54. The molecule has 3 aromatic rings. The third-order valence-corrected chi connectivity index (χ3v) is 4.25. The van der Waals surface area contributed by atoms with Crippen molar-refractivity contribution in [2.75, 3.05) is 0 Å². The van der Waals surface area contributed by atoms with Crippen molar-refractivity contribution in [1.29, 1.82) is 0 Å². The highest BCUT2D eigenvalue weighted by Gasteiger charge is 2.09. The van der Waals surface area contributed by atoms with E-state index in [4.69, 9.17) is 23.8 Å². The molecule has 1 heterocycles. The van der Waals surface area contributed by atoms with Crippen molar-refractivity contribution >= 4 is 50.8 Å². The lowest BCUT2D eigenvalue weighted by atomic mass is 10.2. The van der Waals surface area contributed by atoms with E-state index in [-0.39, 0.29) is 5.82 Å². The molecule has 0 fully saturated rings. The molecule has 1 N–H and O–H groups in total. The van der Waals surface area contributed by atoms with Crippen molar-refractivity contribution in [2.24, 2.45) is 0 Å². The van der Waals surface area contributed by atoms with Crippen molar-refractivity contribution in [3.05, 3.63) is 62.0 Å². The minimum atomic E-state index is -0.309. The van der Waals surface area contributed by atoms with Gasteiger partial charge < -0.3 is 9.55 Å². The van der Waals surface area contributed by atoms with Crippen LogP contribution in [0.5, 0.6) is 0 Å².